The second-order valence-electron chi connectivity index (χ2n) is 7.93. The van der Waals surface area contributed by atoms with Crippen LogP contribution >= 0.6 is 0 Å². The van der Waals surface area contributed by atoms with Gasteiger partial charge in [-0.05, 0) is 31.2 Å². The van der Waals surface area contributed by atoms with E-state index in [9.17, 15) is 13.2 Å². The van der Waals surface area contributed by atoms with E-state index < -0.39 is 10.0 Å². The minimum atomic E-state index is -3.22. The molecular formula is C16H31N3O3S. The highest BCUT2D eigenvalue weighted by atomic mass is 32.2. The van der Waals surface area contributed by atoms with E-state index in [4.69, 9.17) is 0 Å². The lowest BCUT2D eigenvalue weighted by Crippen LogP contribution is -2.42. The highest BCUT2D eigenvalue weighted by molar-refractivity contribution is 7.89. The minimum Gasteiger partial charge on any atom is -0.342 e. The van der Waals surface area contributed by atoms with Crippen molar-refractivity contribution < 1.29 is 13.2 Å². The molecule has 2 saturated heterocycles. The summed E-state index contributed by atoms with van der Waals surface area (Å²) in [4.78, 5) is 16.3. The van der Waals surface area contributed by atoms with E-state index in [1.807, 2.05) is 25.7 Å². The molecular weight excluding hydrogens is 314 g/mol. The van der Waals surface area contributed by atoms with Crippen molar-refractivity contribution in [3.8, 4) is 0 Å². The highest BCUT2D eigenvalue weighted by Crippen LogP contribution is 2.20. The van der Waals surface area contributed by atoms with E-state index >= 15 is 0 Å². The van der Waals surface area contributed by atoms with E-state index in [2.05, 4.69) is 4.90 Å². The molecule has 0 unspecified atom stereocenters. The lowest BCUT2D eigenvalue weighted by molar-refractivity contribution is -0.131. The molecule has 2 aliphatic heterocycles. The molecule has 7 heteroatoms. The fourth-order valence-corrected chi connectivity index (χ4v) is 5.32. The lowest BCUT2D eigenvalue weighted by Gasteiger charge is -2.26. The molecule has 0 aromatic carbocycles. The summed E-state index contributed by atoms with van der Waals surface area (Å²) in [5, 5.41) is 0. The first-order valence-corrected chi connectivity index (χ1v) is 10.3. The number of likely N-dealkylation sites (tertiary alicyclic amines) is 1. The van der Waals surface area contributed by atoms with Crippen molar-refractivity contribution in [2.45, 2.75) is 40.0 Å². The fourth-order valence-electron chi connectivity index (χ4n) is 3.28. The Balaban J connectivity index is 1.88. The van der Waals surface area contributed by atoms with Crippen molar-refractivity contribution in [1.29, 1.82) is 0 Å². The van der Waals surface area contributed by atoms with Gasteiger partial charge in [-0.2, -0.15) is 0 Å². The number of rotatable bonds is 4. The fraction of sp³-hybridized carbons (Fsp3) is 0.938. The predicted molar refractivity (Wildman–Crippen MR) is 91.7 cm³/mol. The molecule has 0 aromatic heterocycles. The molecule has 2 aliphatic rings. The molecule has 23 heavy (non-hydrogen) atoms. The van der Waals surface area contributed by atoms with Gasteiger partial charge in [-0.25, -0.2) is 12.7 Å². The van der Waals surface area contributed by atoms with Gasteiger partial charge < -0.3 is 4.90 Å². The third kappa shape index (κ3) is 5.72. The molecule has 0 aliphatic carbocycles. The van der Waals surface area contributed by atoms with Crippen LogP contribution < -0.4 is 0 Å². The second kappa shape index (κ2) is 7.49. The third-order valence-corrected chi connectivity index (χ3v) is 6.76. The number of sulfonamides is 1. The summed E-state index contributed by atoms with van der Waals surface area (Å²) in [7, 11) is -3.22. The zero-order valence-electron chi connectivity index (χ0n) is 14.8. The summed E-state index contributed by atoms with van der Waals surface area (Å²) in [6, 6.07) is 0. The molecule has 0 bridgehead atoms. The third-order valence-electron chi connectivity index (χ3n) is 4.37. The van der Waals surface area contributed by atoms with Crippen LogP contribution in [0.2, 0.25) is 0 Å². The van der Waals surface area contributed by atoms with Gasteiger partial charge in [0.05, 0.1) is 12.3 Å². The normalized spacial score (nSPS) is 22.3. The average molecular weight is 346 g/mol. The number of hydrogen-bond acceptors (Lipinski definition) is 4. The maximum absolute atomic E-state index is 12.5. The molecule has 0 atom stereocenters. The number of carbonyl (C=O) groups is 1. The molecule has 0 radical (unpaired) electrons. The Hall–Kier alpha value is -0.660. The van der Waals surface area contributed by atoms with Crippen molar-refractivity contribution in [3.63, 3.8) is 0 Å². The molecule has 1 amide bonds. The van der Waals surface area contributed by atoms with Crippen LogP contribution in [0, 0.1) is 5.41 Å². The number of hydrogen-bond donors (Lipinski definition) is 0. The standard InChI is InChI=1S/C16H31N3O3S/c1-16(2,3)14-23(21,22)19-10-6-7-17(11-12-19)13-15(20)18-8-4-5-9-18/h4-14H2,1-3H3. The Morgan fingerprint density at radius 1 is 0.913 bits per heavy atom. The van der Waals surface area contributed by atoms with Crippen LogP contribution in [0.3, 0.4) is 0 Å². The molecule has 0 aromatic rings. The Morgan fingerprint density at radius 3 is 2.17 bits per heavy atom. The van der Waals surface area contributed by atoms with Crippen LogP contribution in [0.1, 0.15) is 40.0 Å². The van der Waals surface area contributed by atoms with Crippen LogP contribution in [-0.4, -0.2) is 80.0 Å². The second-order valence-corrected chi connectivity index (χ2v) is 9.90. The molecule has 0 N–H and O–H groups in total. The molecule has 2 fully saturated rings. The van der Waals surface area contributed by atoms with Gasteiger partial charge in [0, 0.05) is 32.7 Å². The van der Waals surface area contributed by atoms with E-state index in [0.29, 0.717) is 26.2 Å². The molecule has 0 saturated carbocycles. The van der Waals surface area contributed by atoms with Crippen molar-refractivity contribution in [1.82, 2.24) is 14.1 Å². The molecule has 0 spiro atoms. The van der Waals surface area contributed by atoms with Crippen LogP contribution in [0.5, 0.6) is 0 Å². The maximum Gasteiger partial charge on any atom is 0.236 e. The minimum absolute atomic E-state index is 0.173. The molecule has 6 nitrogen and oxygen atoms in total. The molecule has 2 heterocycles. The Morgan fingerprint density at radius 2 is 1.57 bits per heavy atom. The van der Waals surface area contributed by atoms with E-state index in [0.717, 1.165) is 38.9 Å². The Labute approximate surface area is 140 Å². The van der Waals surface area contributed by atoms with Gasteiger partial charge in [-0.1, -0.05) is 20.8 Å². The maximum atomic E-state index is 12.5. The predicted octanol–water partition coefficient (Wildman–Crippen LogP) is 0.992. The van der Waals surface area contributed by atoms with Gasteiger partial charge in [0.25, 0.3) is 0 Å². The summed E-state index contributed by atoms with van der Waals surface area (Å²) in [5.74, 6) is 0.362. The van der Waals surface area contributed by atoms with Gasteiger partial charge in [0.1, 0.15) is 0 Å². The van der Waals surface area contributed by atoms with Crippen molar-refractivity contribution in [3.05, 3.63) is 0 Å². The quantitative estimate of drug-likeness (QED) is 0.762. The van der Waals surface area contributed by atoms with Gasteiger partial charge in [0.15, 0.2) is 0 Å². The number of nitrogens with zero attached hydrogens (tertiary/aromatic N) is 3. The lowest BCUT2D eigenvalue weighted by atomic mass is 10.0. The molecule has 134 valence electrons. The summed E-state index contributed by atoms with van der Waals surface area (Å²) in [6.45, 7) is 10.5. The van der Waals surface area contributed by atoms with E-state index in [1.165, 1.54) is 0 Å². The summed E-state index contributed by atoms with van der Waals surface area (Å²) < 4.78 is 26.7. The average Bonchev–Trinajstić information content (AvgIpc) is 2.83. The van der Waals surface area contributed by atoms with E-state index in [-0.39, 0.29) is 17.1 Å². The van der Waals surface area contributed by atoms with E-state index in [1.54, 1.807) is 4.31 Å². The van der Waals surface area contributed by atoms with Gasteiger partial charge in [0.2, 0.25) is 15.9 Å². The van der Waals surface area contributed by atoms with Crippen LogP contribution in [0.15, 0.2) is 0 Å². The van der Waals surface area contributed by atoms with Crippen molar-refractivity contribution in [2.24, 2.45) is 5.41 Å². The van der Waals surface area contributed by atoms with Crippen molar-refractivity contribution in [2.75, 3.05) is 51.6 Å². The van der Waals surface area contributed by atoms with Crippen LogP contribution in [-0.2, 0) is 14.8 Å². The van der Waals surface area contributed by atoms with Crippen LogP contribution in [0.25, 0.3) is 0 Å². The highest BCUT2D eigenvalue weighted by Gasteiger charge is 2.30. The Bertz CT molecular complexity index is 507. The van der Waals surface area contributed by atoms with Gasteiger partial charge in [-0.15, -0.1) is 0 Å². The smallest absolute Gasteiger partial charge is 0.236 e. The largest absolute Gasteiger partial charge is 0.342 e. The zero-order chi connectivity index (χ0) is 17.1. The summed E-state index contributed by atoms with van der Waals surface area (Å²) in [5.41, 5.74) is -0.240. The van der Waals surface area contributed by atoms with Gasteiger partial charge in [-0.3, -0.25) is 9.69 Å². The topological polar surface area (TPSA) is 60.9 Å². The van der Waals surface area contributed by atoms with Gasteiger partial charge >= 0.3 is 0 Å². The Kier molecular flexibility index (Phi) is 6.08. The summed E-state index contributed by atoms with van der Waals surface area (Å²) >= 11 is 0. The first kappa shape index (κ1) is 18.7. The monoisotopic (exact) mass is 345 g/mol. The SMILES string of the molecule is CC(C)(C)CS(=O)(=O)N1CCCN(CC(=O)N2CCCC2)CC1. The first-order chi connectivity index (χ1) is 10.7. The number of amides is 1. The number of carbonyl (C=O) groups excluding carboxylic acids is 1. The zero-order valence-corrected chi connectivity index (χ0v) is 15.6. The first-order valence-electron chi connectivity index (χ1n) is 8.65. The van der Waals surface area contributed by atoms with Crippen LogP contribution in [0.4, 0.5) is 0 Å². The van der Waals surface area contributed by atoms with Crippen molar-refractivity contribution >= 4 is 15.9 Å². The molecule has 2 rings (SSSR count). The summed E-state index contributed by atoms with van der Waals surface area (Å²) in [6.07, 6.45) is 2.99.